The number of hydrogen-bond donors (Lipinski definition) is 3. The first-order valence-electron chi connectivity index (χ1n) is 7.96. The summed E-state index contributed by atoms with van der Waals surface area (Å²) >= 11 is 0. The number of anilines is 1. The molecule has 2 aromatic rings. The van der Waals surface area contributed by atoms with Gasteiger partial charge in [-0.25, -0.2) is 5.43 Å². The van der Waals surface area contributed by atoms with Crippen molar-refractivity contribution in [3.05, 3.63) is 30.5 Å². The molecule has 5 nitrogen and oxygen atoms in total. The number of rotatable bonds is 9. The minimum Gasteiger partial charge on any atom is -0.508 e. The number of nitrogens with zero attached hydrogens (tertiary/aromatic N) is 2. The van der Waals surface area contributed by atoms with Crippen LogP contribution >= 0.6 is 0 Å². The lowest BCUT2D eigenvalue weighted by Gasteiger charge is -2.26. The first-order chi connectivity index (χ1) is 10.8. The van der Waals surface area contributed by atoms with Gasteiger partial charge in [0.15, 0.2) is 0 Å². The second kappa shape index (κ2) is 8.56. The average molecular weight is 303 g/mol. The van der Waals surface area contributed by atoms with Crippen LogP contribution in [-0.4, -0.2) is 34.9 Å². The van der Waals surface area contributed by atoms with E-state index in [0.717, 1.165) is 29.6 Å². The summed E-state index contributed by atoms with van der Waals surface area (Å²) in [6, 6.07) is 7.19. The number of hydrogen-bond acceptors (Lipinski definition) is 5. The van der Waals surface area contributed by atoms with Gasteiger partial charge >= 0.3 is 0 Å². The zero-order chi connectivity index (χ0) is 15.8. The van der Waals surface area contributed by atoms with Gasteiger partial charge in [-0.15, -0.1) is 0 Å². The van der Waals surface area contributed by atoms with Crippen LogP contribution in [0.15, 0.2) is 30.5 Å². The van der Waals surface area contributed by atoms with Crippen LogP contribution in [0.4, 0.5) is 5.69 Å². The molecule has 0 aliphatic carbocycles. The summed E-state index contributed by atoms with van der Waals surface area (Å²) in [6.45, 7) is 3.68. The zero-order valence-electron chi connectivity index (χ0n) is 13.1. The number of aromatic hydroxyl groups is 1. The van der Waals surface area contributed by atoms with Crippen molar-refractivity contribution in [2.24, 2.45) is 0 Å². The first kappa shape index (κ1) is 16.5. The van der Waals surface area contributed by atoms with Crippen molar-refractivity contribution in [2.45, 2.75) is 32.6 Å². The maximum absolute atomic E-state index is 9.60. The number of phenols is 1. The monoisotopic (exact) mass is 303 g/mol. The van der Waals surface area contributed by atoms with Crippen LogP contribution in [0, 0.1) is 0 Å². The topological polar surface area (TPSA) is 68.6 Å². The molecule has 120 valence electrons. The molecule has 0 spiro atoms. The summed E-state index contributed by atoms with van der Waals surface area (Å²) in [5, 5.41) is 21.7. The highest BCUT2D eigenvalue weighted by Gasteiger charge is 2.10. The molecule has 0 aliphatic rings. The van der Waals surface area contributed by atoms with Gasteiger partial charge in [-0.1, -0.05) is 26.2 Å². The van der Waals surface area contributed by atoms with Crippen molar-refractivity contribution in [2.75, 3.05) is 24.7 Å². The van der Waals surface area contributed by atoms with E-state index in [1.54, 1.807) is 18.3 Å². The molecule has 22 heavy (non-hydrogen) atoms. The summed E-state index contributed by atoms with van der Waals surface area (Å²) in [6.07, 6.45) is 6.48. The van der Waals surface area contributed by atoms with Crippen LogP contribution in [-0.2, 0) is 0 Å². The number of aliphatic hydroxyl groups excluding tert-OH is 1. The van der Waals surface area contributed by atoms with Crippen molar-refractivity contribution < 1.29 is 10.2 Å². The molecule has 1 aromatic heterocycles. The highest BCUT2D eigenvalue weighted by molar-refractivity contribution is 5.92. The summed E-state index contributed by atoms with van der Waals surface area (Å²) in [7, 11) is 0. The zero-order valence-corrected chi connectivity index (χ0v) is 13.1. The molecule has 0 radical (unpaired) electrons. The number of nitrogens with one attached hydrogen (secondary N) is 1. The van der Waals surface area contributed by atoms with Gasteiger partial charge in [-0.2, -0.15) is 0 Å². The predicted molar refractivity (Wildman–Crippen MR) is 90.0 cm³/mol. The van der Waals surface area contributed by atoms with E-state index in [9.17, 15) is 5.11 Å². The molecule has 0 aliphatic heterocycles. The Hall–Kier alpha value is -1.85. The molecule has 0 atom stereocenters. The summed E-state index contributed by atoms with van der Waals surface area (Å²) in [5.74, 6) is 0.218. The van der Waals surface area contributed by atoms with Crippen LogP contribution in [0.2, 0.25) is 0 Å². The Bertz CT molecular complexity index is 589. The van der Waals surface area contributed by atoms with Gasteiger partial charge in [0.05, 0.1) is 17.8 Å². The molecule has 0 saturated carbocycles. The number of aliphatic hydroxyl groups is 1. The van der Waals surface area contributed by atoms with Crippen molar-refractivity contribution in [1.29, 1.82) is 0 Å². The fraction of sp³-hybridized carbons (Fsp3) is 0.471. The largest absolute Gasteiger partial charge is 0.508 e. The second-order valence-electron chi connectivity index (χ2n) is 5.38. The predicted octanol–water partition coefficient (Wildman–Crippen LogP) is 2.82. The molecule has 0 saturated heterocycles. The third kappa shape index (κ3) is 4.32. The van der Waals surface area contributed by atoms with Crippen molar-refractivity contribution in [3.8, 4) is 5.75 Å². The second-order valence-corrected chi connectivity index (χ2v) is 5.38. The number of benzene rings is 1. The molecule has 1 aromatic carbocycles. The molecule has 1 heterocycles. The lowest BCUT2D eigenvalue weighted by Crippen LogP contribution is -2.40. The van der Waals surface area contributed by atoms with Crippen molar-refractivity contribution in [3.63, 3.8) is 0 Å². The van der Waals surface area contributed by atoms with Gasteiger partial charge in [-0.3, -0.25) is 4.98 Å². The number of aromatic nitrogens is 1. The lowest BCUT2D eigenvalue weighted by atomic mass is 10.1. The fourth-order valence-corrected chi connectivity index (χ4v) is 2.52. The third-order valence-corrected chi connectivity index (χ3v) is 3.64. The van der Waals surface area contributed by atoms with Crippen LogP contribution in [0.5, 0.6) is 5.75 Å². The van der Waals surface area contributed by atoms with E-state index in [2.05, 4.69) is 22.3 Å². The Morgan fingerprint density at radius 2 is 2.05 bits per heavy atom. The quantitative estimate of drug-likeness (QED) is 0.491. The SMILES string of the molecule is CCCCCCN(NCCO)c1ccnc2cc(O)ccc12. The van der Waals surface area contributed by atoms with E-state index in [-0.39, 0.29) is 12.4 Å². The number of unbranched alkanes of at least 4 members (excludes halogenated alkanes) is 3. The molecule has 0 fully saturated rings. The van der Waals surface area contributed by atoms with Crippen LogP contribution in [0.25, 0.3) is 10.9 Å². The molecular weight excluding hydrogens is 278 g/mol. The highest BCUT2D eigenvalue weighted by Crippen LogP contribution is 2.27. The molecule has 3 N–H and O–H groups in total. The molecular formula is C17H25N3O2. The van der Waals surface area contributed by atoms with E-state index in [1.165, 1.54) is 19.3 Å². The van der Waals surface area contributed by atoms with Crippen LogP contribution < -0.4 is 10.4 Å². The molecule has 0 amide bonds. The normalized spacial score (nSPS) is 11.0. The number of hydrazine groups is 1. The molecule has 2 rings (SSSR count). The molecule has 0 bridgehead atoms. The Morgan fingerprint density at radius 1 is 1.18 bits per heavy atom. The fourth-order valence-electron chi connectivity index (χ4n) is 2.52. The molecule has 5 heteroatoms. The smallest absolute Gasteiger partial charge is 0.117 e. The summed E-state index contributed by atoms with van der Waals surface area (Å²) in [5.41, 5.74) is 5.05. The van der Waals surface area contributed by atoms with Gasteiger partial charge in [0, 0.05) is 30.7 Å². The minimum absolute atomic E-state index is 0.0925. The van der Waals surface area contributed by atoms with Crippen molar-refractivity contribution in [1.82, 2.24) is 10.4 Å². The van der Waals surface area contributed by atoms with E-state index >= 15 is 0 Å². The average Bonchev–Trinajstić information content (AvgIpc) is 2.53. The number of fused-ring (bicyclic) bond motifs is 1. The first-order valence-corrected chi connectivity index (χ1v) is 7.96. The number of phenolic OH excluding ortho intramolecular Hbond substituents is 1. The van der Waals surface area contributed by atoms with E-state index in [1.807, 2.05) is 12.1 Å². The van der Waals surface area contributed by atoms with E-state index < -0.39 is 0 Å². The Morgan fingerprint density at radius 3 is 2.82 bits per heavy atom. The lowest BCUT2D eigenvalue weighted by molar-refractivity contribution is 0.290. The standard InChI is InChI=1S/C17H25N3O2/c1-2-3-4-5-11-20(19-10-12-21)17-8-9-18-16-13-14(22)6-7-15(16)17/h6-9,13,19,21-22H,2-5,10-12H2,1H3. The van der Waals surface area contributed by atoms with Gasteiger partial charge in [0.25, 0.3) is 0 Å². The highest BCUT2D eigenvalue weighted by atomic mass is 16.3. The summed E-state index contributed by atoms with van der Waals surface area (Å²) in [4.78, 5) is 4.31. The van der Waals surface area contributed by atoms with Gasteiger partial charge in [0.2, 0.25) is 0 Å². The van der Waals surface area contributed by atoms with E-state index in [4.69, 9.17) is 5.11 Å². The Balaban J connectivity index is 2.21. The van der Waals surface area contributed by atoms with Crippen molar-refractivity contribution >= 4 is 16.6 Å². The minimum atomic E-state index is 0.0925. The third-order valence-electron chi connectivity index (χ3n) is 3.64. The maximum atomic E-state index is 9.60. The van der Waals surface area contributed by atoms with Crippen LogP contribution in [0.3, 0.4) is 0 Å². The van der Waals surface area contributed by atoms with Gasteiger partial charge in [-0.05, 0) is 24.6 Å². The number of pyridine rings is 1. The van der Waals surface area contributed by atoms with Gasteiger partial charge < -0.3 is 15.2 Å². The molecule has 0 unspecified atom stereocenters. The Labute approximate surface area is 131 Å². The Kier molecular flexibility index (Phi) is 6.43. The van der Waals surface area contributed by atoms with Gasteiger partial charge in [0.1, 0.15) is 5.75 Å². The van der Waals surface area contributed by atoms with E-state index in [0.29, 0.717) is 6.54 Å². The van der Waals surface area contributed by atoms with Crippen LogP contribution in [0.1, 0.15) is 32.6 Å². The summed E-state index contributed by atoms with van der Waals surface area (Å²) < 4.78 is 0. The maximum Gasteiger partial charge on any atom is 0.117 e.